The molecule has 0 amide bonds. The average Bonchev–Trinajstić information content (AvgIpc) is 2.60. The maximum absolute atomic E-state index is 6.13. The van der Waals surface area contributed by atoms with Crippen LogP contribution in [0.1, 0.15) is 31.4 Å². The molecule has 1 atom stereocenters. The molecule has 16 heavy (non-hydrogen) atoms. The van der Waals surface area contributed by atoms with Gasteiger partial charge >= 0.3 is 0 Å². The van der Waals surface area contributed by atoms with Crippen LogP contribution in [0, 0.1) is 0 Å². The number of aromatic nitrogens is 1. The van der Waals surface area contributed by atoms with Crippen LogP contribution in [-0.2, 0) is 0 Å². The first-order valence-corrected chi connectivity index (χ1v) is 6.03. The van der Waals surface area contributed by atoms with Gasteiger partial charge < -0.3 is 10.7 Å². The molecular formula is C12H16BrClN2. The van der Waals surface area contributed by atoms with Crippen LogP contribution in [0.5, 0.6) is 0 Å². The van der Waals surface area contributed by atoms with Crippen molar-refractivity contribution in [3.63, 3.8) is 0 Å². The van der Waals surface area contributed by atoms with Crippen LogP contribution >= 0.6 is 28.3 Å². The number of halogens is 2. The van der Waals surface area contributed by atoms with Crippen LogP contribution in [0.15, 0.2) is 28.9 Å². The fourth-order valence-electron chi connectivity index (χ4n) is 1.89. The first kappa shape index (κ1) is 13.6. The zero-order valence-corrected chi connectivity index (χ0v) is 11.6. The minimum Gasteiger partial charge on any atom is -0.361 e. The Hall–Kier alpha value is -0.510. The summed E-state index contributed by atoms with van der Waals surface area (Å²) in [4.78, 5) is 3.25. The Kier molecular flexibility index (Phi) is 4.84. The van der Waals surface area contributed by atoms with E-state index in [0.717, 1.165) is 22.8 Å². The summed E-state index contributed by atoms with van der Waals surface area (Å²) in [7, 11) is 0. The van der Waals surface area contributed by atoms with Gasteiger partial charge in [0.25, 0.3) is 0 Å². The Balaban J connectivity index is 0.00000128. The van der Waals surface area contributed by atoms with Crippen molar-refractivity contribution in [2.45, 2.75) is 25.8 Å². The van der Waals surface area contributed by atoms with E-state index >= 15 is 0 Å². The van der Waals surface area contributed by atoms with Crippen molar-refractivity contribution in [2.24, 2.45) is 5.73 Å². The second-order valence-corrected chi connectivity index (χ2v) is 4.74. The molecule has 0 saturated heterocycles. The van der Waals surface area contributed by atoms with E-state index < -0.39 is 0 Å². The summed E-state index contributed by atoms with van der Waals surface area (Å²) >= 11 is 3.48. The number of H-pyrrole nitrogens is 1. The molecule has 2 rings (SSSR count). The maximum atomic E-state index is 6.13. The van der Waals surface area contributed by atoms with Crippen LogP contribution in [0.3, 0.4) is 0 Å². The summed E-state index contributed by atoms with van der Waals surface area (Å²) in [5.74, 6) is 0. The van der Waals surface area contributed by atoms with E-state index in [1.54, 1.807) is 0 Å². The van der Waals surface area contributed by atoms with Gasteiger partial charge in [-0.15, -0.1) is 12.4 Å². The Morgan fingerprint density at radius 2 is 2.19 bits per heavy atom. The number of nitrogens with two attached hydrogens (primary N) is 1. The number of hydrogen-bond acceptors (Lipinski definition) is 1. The van der Waals surface area contributed by atoms with E-state index in [1.165, 1.54) is 10.9 Å². The second-order valence-electron chi connectivity index (χ2n) is 3.83. The maximum Gasteiger partial charge on any atom is 0.0458 e. The number of fused-ring (bicyclic) bond motifs is 1. The molecule has 2 nitrogen and oxygen atoms in total. The van der Waals surface area contributed by atoms with E-state index in [1.807, 2.05) is 12.3 Å². The highest BCUT2D eigenvalue weighted by Crippen LogP contribution is 2.27. The molecule has 0 bridgehead atoms. The Morgan fingerprint density at radius 1 is 1.44 bits per heavy atom. The first-order valence-electron chi connectivity index (χ1n) is 5.24. The lowest BCUT2D eigenvalue weighted by Crippen LogP contribution is -2.08. The normalized spacial score (nSPS) is 12.4. The molecule has 0 spiro atoms. The lowest BCUT2D eigenvalue weighted by molar-refractivity contribution is 0.642. The standard InChI is InChI=1S/C12H15BrN2.ClH/c1-2-3-11(14)10-7-15-12-5-4-8(13)6-9(10)12;/h4-7,11,15H,2-3,14H2,1H3;1H/t11-;/m0./s1. The van der Waals surface area contributed by atoms with Gasteiger partial charge in [0.1, 0.15) is 0 Å². The topological polar surface area (TPSA) is 41.8 Å². The lowest BCUT2D eigenvalue weighted by atomic mass is 10.0. The highest BCUT2D eigenvalue weighted by atomic mass is 79.9. The molecule has 0 aliphatic carbocycles. The fraction of sp³-hybridized carbons (Fsp3) is 0.333. The second kappa shape index (κ2) is 5.71. The van der Waals surface area contributed by atoms with Gasteiger partial charge in [0.15, 0.2) is 0 Å². The molecule has 1 heterocycles. The quantitative estimate of drug-likeness (QED) is 0.878. The number of aromatic amines is 1. The van der Waals surface area contributed by atoms with E-state index in [2.05, 4.69) is 40.0 Å². The van der Waals surface area contributed by atoms with Gasteiger partial charge in [0.2, 0.25) is 0 Å². The molecule has 88 valence electrons. The van der Waals surface area contributed by atoms with Gasteiger partial charge in [-0.3, -0.25) is 0 Å². The minimum absolute atomic E-state index is 0. The molecule has 0 saturated carbocycles. The zero-order valence-electron chi connectivity index (χ0n) is 9.16. The van der Waals surface area contributed by atoms with E-state index in [0.29, 0.717) is 0 Å². The molecule has 3 N–H and O–H groups in total. The third-order valence-corrected chi connectivity index (χ3v) is 3.17. The minimum atomic E-state index is 0. The predicted molar refractivity (Wildman–Crippen MR) is 75.1 cm³/mol. The zero-order chi connectivity index (χ0) is 10.8. The van der Waals surface area contributed by atoms with Gasteiger partial charge in [-0.2, -0.15) is 0 Å². The van der Waals surface area contributed by atoms with Gasteiger partial charge in [-0.05, 0) is 30.2 Å². The highest BCUT2D eigenvalue weighted by molar-refractivity contribution is 9.10. The number of rotatable bonds is 3. The molecule has 4 heteroatoms. The summed E-state index contributed by atoms with van der Waals surface area (Å²) < 4.78 is 1.10. The number of hydrogen-bond donors (Lipinski definition) is 2. The molecule has 0 aliphatic rings. The largest absolute Gasteiger partial charge is 0.361 e. The Morgan fingerprint density at radius 3 is 2.88 bits per heavy atom. The summed E-state index contributed by atoms with van der Waals surface area (Å²) in [6.45, 7) is 2.16. The molecular weight excluding hydrogens is 288 g/mol. The molecule has 2 aromatic rings. The van der Waals surface area contributed by atoms with Gasteiger partial charge in [-0.1, -0.05) is 29.3 Å². The SMILES string of the molecule is CCC[C@H](N)c1c[nH]c2ccc(Br)cc12.Cl. The number of benzene rings is 1. The first-order chi connectivity index (χ1) is 7.22. The average molecular weight is 304 g/mol. The Labute approximate surface area is 110 Å². The summed E-state index contributed by atoms with van der Waals surface area (Å²) in [6.07, 6.45) is 4.17. The van der Waals surface area contributed by atoms with Crippen LogP contribution in [0.2, 0.25) is 0 Å². The van der Waals surface area contributed by atoms with Crippen molar-refractivity contribution in [2.75, 3.05) is 0 Å². The molecule has 0 aliphatic heterocycles. The van der Waals surface area contributed by atoms with Crippen LogP contribution in [-0.4, -0.2) is 4.98 Å². The monoisotopic (exact) mass is 302 g/mol. The van der Waals surface area contributed by atoms with Gasteiger partial charge in [-0.25, -0.2) is 0 Å². The van der Waals surface area contributed by atoms with E-state index in [-0.39, 0.29) is 18.4 Å². The van der Waals surface area contributed by atoms with Crippen LogP contribution in [0.4, 0.5) is 0 Å². The lowest BCUT2D eigenvalue weighted by Gasteiger charge is -2.08. The van der Waals surface area contributed by atoms with Crippen molar-refractivity contribution in [1.82, 2.24) is 4.98 Å². The van der Waals surface area contributed by atoms with Gasteiger partial charge in [0, 0.05) is 27.6 Å². The van der Waals surface area contributed by atoms with E-state index in [9.17, 15) is 0 Å². The molecule has 1 aromatic heterocycles. The van der Waals surface area contributed by atoms with Crippen molar-refractivity contribution >= 4 is 39.2 Å². The van der Waals surface area contributed by atoms with Crippen molar-refractivity contribution in [3.8, 4) is 0 Å². The van der Waals surface area contributed by atoms with Crippen molar-refractivity contribution < 1.29 is 0 Å². The predicted octanol–water partition coefficient (Wildman–Crippen LogP) is 4.15. The summed E-state index contributed by atoms with van der Waals surface area (Å²) in [5.41, 5.74) is 8.50. The summed E-state index contributed by atoms with van der Waals surface area (Å²) in [6, 6.07) is 6.37. The molecule has 0 radical (unpaired) electrons. The fourth-order valence-corrected chi connectivity index (χ4v) is 2.25. The van der Waals surface area contributed by atoms with Crippen molar-refractivity contribution in [1.29, 1.82) is 0 Å². The van der Waals surface area contributed by atoms with E-state index in [4.69, 9.17) is 5.73 Å². The molecule has 0 fully saturated rings. The van der Waals surface area contributed by atoms with Crippen molar-refractivity contribution in [3.05, 3.63) is 34.4 Å². The third-order valence-electron chi connectivity index (χ3n) is 2.67. The number of nitrogens with one attached hydrogen (secondary N) is 1. The summed E-state index contributed by atoms with van der Waals surface area (Å²) in [5, 5.41) is 1.23. The van der Waals surface area contributed by atoms with Gasteiger partial charge in [0.05, 0.1) is 0 Å². The highest BCUT2D eigenvalue weighted by Gasteiger charge is 2.10. The third kappa shape index (κ3) is 2.59. The van der Waals surface area contributed by atoms with Crippen LogP contribution in [0.25, 0.3) is 10.9 Å². The van der Waals surface area contributed by atoms with Crippen LogP contribution < -0.4 is 5.73 Å². The molecule has 1 aromatic carbocycles. The molecule has 0 unspecified atom stereocenters. The smallest absolute Gasteiger partial charge is 0.0458 e. The Bertz CT molecular complexity index is 467.